The number of hydrogen-bond acceptors (Lipinski definition) is 4. The zero-order chi connectivity index (χ0) is 14.3. The molecule has 102 valence electrons. The fourth-order valence-corrected chi connectivity index (χ4v) is 2.58. The first kappa shape index (κ1) is 12.6. The van der Waals surface area contributed by atoms with Gasteiger partial charge in [0.15, 0.2) is 0 Å². The van der Waals surface area contributed by atoms with E-state index in [4.69, 9.17) is 9.84 Å². The van der Waals surface area contributed by atoms with Crippen LogP contribution in [0.4, 0.5) is 0 Å². The summed E-state index contributed by atoms with van der Waals surface area (Å²) in [6.07, 6.45) is 0. The topological polar surface area (TPSA) is 72.3 Å². The molecule has 0 amide bonds. The lowest BCUT2D eigenvalue weighted by Crippen LogP contribution is -2.14. The van der Waals surface area contributed by atoms with Crippen LogP contribution >= 0.6 is 0 Å². The van der Waals surface area contributed by atoms with Gasteiger partial charge in [-0.15, -0.1) is 0 Å². The highest BCUT2D eigenvalue weighted by molar-refractivity contribution is 5.89. The van der Waals surface area contributed by atoms with Crippen molar-refractivity contribution in [3.63, 3.8) is 0 Å². The second kappa shape index (κ2) is 4.59. The molecule has 0 saturated heterocycles. The van der Waals surface area contributed by atoms with E-state index in [2.05, 4.69) is 9.97 Å². The smallest absolute Gasteiger partial charge is 0.339 e. The number of hydrogen-bond donors (Lipinski definition) is 1. The number of benzene rings is 1. The molecule has 1 N–H and O–H groups in total. The number of carboxylic acids is 1. The quantitative estimate of drug-likeness (QED) is 0.906. The van der Waals surface area contributed by atoms with Crippen molar-refractivity contribution in [3.8, 4) is 5.75 Å². The largest absolute Gasteiger partial charge is 0.492 e. The van der Waals surface area contributed by atoms with Gasteiger partial charge in [0.05, 0.1) is 17.3 Å². The molecule has 5 nitrogen and oxygen atoms in total. The predicted octanol–water partition coefficient (Wildman–Crippen LogP) is 2.32. The van der Waals surface area contributed by atoms with E-state index >= 15 is 0 Å². The summed E-state index contributed by atoms with van der Waals surface area (Å²) in [5.41, 5.74) is 2.21. The van der Waals surface area contributed by atoms with Gasteiger partial charge in [0.2, 0.25) is 0 Å². The van der Waals surface area contributed by atoms with E-state index in [1.165, 1.54) is 0 Å². The highest BCUT2D eigenvalue weighted by Crippen LogP contribution is 2.36. The normalized spacial score (nSPS) is 16.6. The third-order valence-electron chi connectivity index (χ3n) is 3.51. The number of nitrogens with zero attached hydrogens (tertiary/aromatic N) is 2. The first-order valence-corrected chi connectivity index (χ1v) is 6.38. The average molecular weight is 270 g/mol. The van der Waals surface area contributed by atoms with Gasteiger partial charge in [0, 0.05) is 5.56 Å². The van der Waals surface area contributed by atoms with E-state index in [0.29, 0.717) is 23.8 Å². The van der Waals surface area contributed by atoms with Crippen molar-refractivity contribution in [1.29, 1.82) is 0 Å². The van der Waals surface area contributed by atoms with Crippen molar-refractivity contribution in [3.05, 3.63) is 52.6 Å². The molecule has 0 fully saturated rings. The molecule has 1 aliphatic heterocycles. The number of para-hydroxylation sites is 1. The summed E-state index contributed by atoms with van der Waals surface area (Å²) >= 11 is 0. The third kappa shape index (κ3) is 1.91. The minimum absolute atomic E-state index is 0.0357. The molecule has 0 bridgehead atoms. The first-order chi connectivity index (χ1) is 9.58. The second-order valence-corrected chi connectivity index (χ2v) is 4.83. The summed E-state index contributed by atoms with van der Waals surface area (Å²) < 4.78 is 5.63. The Labute approximate surface area is 116 Å². The molecule has 0 aliphatic carbocycles. The molecule has 1 unspecified atom stereocenters. The van der Waals surface area contributed by atoms with Gasteiger partial charge in [0.1, 0.15) is 23.7 Å². The lowest BCUT2D eigenvalue weighted by atomic mass is 10.00. The van der Waals surface area contributed by atoms with Crippen LogP contribution in [0.2, 0.25) is 0 Å². The zero-order valence-corrected chi connectivity index (χ0v) is 11.3. The van der Waals surface area contributed by atoms with Crippen molar-refractivity contribution < 1.29 is 14.6 Å². The Hall–Kier alpha value is -2.43. The van der Waals surface area contributed by atoms with Crippen molar-refractivity contribution in [2.45, 2.75) is 19.8 Å². The first-order valence-electron chi connectivity index (χ1n) is 6.38. The minimum atomic E-state index is -0.991. The predicted molar refractivity (Wildman–Crippen MR) is 72.2 cm³/mol. The number of fused-ring (bicyclic) bond motifs is 1. The maximum absolute atomic E-state index is 11.2. The molecule has 2 aromatic rings. The van der Waals surface area contributed by atoms with Crippen LogP contribution in [0, 0.1) is 13.8 Å². The fraction of sp³-hybridized carbons (Fsp3) is 0.267. The summed E-state index contributed by atoms with van der Waals surface area (Å²) in [7, 11) is 0. The van der Waals surface area contributed by atoms with Crippen LogP contribution in [0.15, 0.2) is 24.3 Å². The Morgan fingerprint density at radius 3 is 2.55 bits per heavy atom. The highest BCUT2D eigenvalue weighted by atomic mass is 16.5. The van der Waals surface area contributed by atoms with E-state index in [9.17, 15) is 4.79 Å². The van der Waals surface area contributed by atoms with E-state index in [1.807, 2.05) is 24.3 Å². The highest BCUT2D eigenvalue weighted by Gasteiger charge is 2.29. The van der Waals surface area contributed by atoms with Gasteiger partial charge in [-0.2, -0.15) is 0 Å². The van der Waals surface area contributed by atoms with Crippen LogP contribution in [0.25, 0.3) is 0 Å². The van der Waals surface area contributed by atoms with Gasteiger partial charge in [0.25, 0.3) is 0 Å². The average Bonchev–Trinajstić information content (AvgIpc) is 2.81. The molecule has 3 rings (SSSR count). The van der Waals surface area contributed by atoms with Crippen LogP contribution in [0.1, 0.15) is 39.1 Å². The monoisotopic (exact) mass is 270 g/mol. The molecule has 5 heteroatoms. The van der Waals surface area contributed by atoms with Gasteiger partial charge in [-0.25, -0.2) is 14.8 Å². The Bertz CT molecular complexity index is 674. The zero-order valence-electron chi connectivity index (χ0n) is 11.3. The molecule has 1 atom stereocenters. The van der Waals surface area contributed by atoms with E-state index in [0.717, 1.165) is 11.3 Å². The van der Waals surface area contributed by atoms with Gasteiger partial charge in [-0.05, 0) is 19.9 Å². The third-order valence-corrected chi connectivity index (χ3v) is 3.51. The van der Waals surface area contributed by atoms with E-state index in [-0.39, 0.29) is 11.5 Å². The molecule has 1 aromatic heterocycles. The molecular formula is C15H14N2O3. The van der Waals surface area contributed by atoms with Crippen molar-refractivity contribution in [1.82, 2.24) is 9.97 Å². The molecular weight excluding hydrogens is 256 g/mol. The molecule has 2 heterocycles. The van der Waals surface area contributed by atoms with Gasteiger partial charge < -0.3 is 9.84 Å². The summed E-state index contributed by atoms with van der Waals surface area (Å²) in [5.74, 6) is 0.440. The SMILES string of the molecule is Cc1nc(C2COc3ccccc32)nc(C)c1C(=O)O. The number of ether oxygens (including phenoxy) is 1. The summed E-state index contributed by atoms with van der Waals surface area (Å²) in [5, 5.41) is 9.16. The standard InChI is InChI=1S/C15H14N2O3/c1-8-13(15(18)19)9(2)17-14(16-8)11-7-20-12-6-4-3-5-10(11)12/h3-6,11H,7H2,1-2H3,(H,18,19). The van der Waals surface area contributed by atoms with Crippen molar-refractivity contribution in [2.24, 2.45) is 0 Å². The molecule has 1 aromatic carbocycles. The Morgan fingerprint density at radius 2 is 1.90 bits per heavy atom. The molecule has 1 aliphatic rings. The van der Waals surface area contributed by atoms with E-state index < -0.39 is 5.97 Å². The lowest BCUT2D eigenvalue weighted by Gasteiger charge is -2.11. The van der Waals surface area contributed by atoms with Crippen LogP contribution in [-0.4, -0.2) is 27.7 Å². The molecule has 0 saturated carbocycles. The van der Waals surface area contributed by atoms with Crippen molar-refractivity contribution >= 4 is 5.97 Å². The van der Waals surface area contributed by atoms with Crippen LogP contribution in [-0.2, 0) is 0 Å². The molecule has 20 heavy (non-hydrogen) atoms. The van der Waals surface area contributed by atoms with Gasteiger partial charge in [-0.3, -0.25) is 0 Å². The number of carbonyl (C=O) groups is 1. The minimum Gasteiger partial charge on any atom is -0.492 e. The van der Waals surface area contributed by atoms with Gasteiger partial charge in [-0.1, -0.05) is 18.2 Å². The Morgan fingerprint density at radius 1 is 1.25 bits per heavy atom. The summed E-state index contributed by atoms with van der Waals surface area (Å²) in [6.45, 7) is 3.89. The number of carboxylic acid groups (broad SMARTS) is 1. The van der Waals surface area contributed by atoms with E-state index in [1.54, 1.807) is 13.8 Å². The summed E-state index contributed by atoms with van der Waals surface area (Å²) in [6, 6.07) is 7.78. The summed E-state index contributed by atoms with van der Waals surface area (Å²) in [4.78, 5) is 19.9. The Balaban J connectivity index is 2.07. The number of aromatic carboxylic acids is 1. The van der Waals surface area contributed by atoms with Crippen molar-refractivity contribution in [2.75, 3.05) is 6.61 Å². The van der Waals surface area contributed by atoms with Gasteiger partial charge >= 0.3 is 5.97 Å². The molecule has 0 spiro atoms. The lowest BCUT2D eigenvalue weighted by molar-refractivity contribution is 0.0694. The number of rotatable bonds is 2. The maximum atomic E-state index is 11.2. The number of aryl methyl sites for hydroxylation is 2. The molecule has 0 radical (unpaired) electrons. The maximum Gasteiger partial charge on any atom is 0.339 e. The van der Waals surface area contributed by atoms with Crippen LogP contribution < -0.4 is 4.74 Å². The second-order valence-electron chi connectivity index (χ2n) is 4.83. The Kier molecular flexibility index (Phi) is 2.89. The van der Waals surface area contributed by atoms with Crippen LogP contribution in [0.5, 0.6) is 5.75 Å². The van der Waals surface area contributed by atoms with Crippen LogP contribution in [0.3, 0.4) is 0 Å². The fourth-order valence-electron chi connectivity index (χ4n) is 2.58. The number of aromatic nitrogens is 2.